The number of carbonyl (C=O) groups excluding carboxylic acids is 1. The predicted octanol–water partition coefficient (Wildman–Crippen LogP) is 4.25. The Morgan fingerprint density at radius 1 is 0.875 bits per heavy atom. The van der Waals surface area contributed by atoms with Crippen LogP contribution in [-0.2, 0) is 17.9 Å². The van der Waals surface area contributed by atoms with Gasteiger partial charge in [-0.15, -0.1) is 0 Å². The molecule has 1 unspecified atom stereocenters. The third-order valence-corrected chi connectivity index (χ3v) is 8.50. The summed E-state index contributed by atoms with van der Waals surface area (Å²) in [6.45, 7) is 8.34. The maximum Gasteiger partial charge on any atom is 0.244 e. The number of aryl methyl sites for hydroxylation is 2. The smallest absolute Gasteiger partial charge is 0.244 e. The van der Waals surface area contributed by atoms with E-state index in [4.69, 9.17) is 0 Å². The van der Waals surface area contributed by atoms with Crippen LogP contribution in [0.2, 0.25) is 0 Å². The standard InChI is InChI=1S/C33H45N5O2/c1-25-13-12-14-26(2)30(25)36-31(40)32(37(4)5)19-21-38(22-20-32)33(27(3)39,34-23-28-15-8-6-9-16-28)35-24-29-17-10-7-11-18-29/h6-18,27,34-35,39H,19-24H2,1-5H3,(H,36,40). The lowest BCUT2D eigenvalue weighted by molar-refractivity contribution is -0.136. The van der Waals surface area contributed by atoms with E-state index >= 15 is 0 Å². The van der Waals surface area contributed by atoms with E-state index in [1.165, 1.54) is 0 Å². The van der Waals surface area contributed by atoms with Crippen LogP contribution in [0.1, 0.15) is 42.0 Å². The molecule has 40 heavy (non-hydrogen) atoms. The van der Waals surface area contributed by atoms with E-state index in [-0.39, 0.29) is 5.91 Å². The molecule has 1 atom stereocenters. The Hall–Kier alpha value is -3.07. The van der Waals surface area contributed by atoms with Crippen LogP contribution in [-0.4, -0.2) is 65.4 Å². The van der Waals surface area contributed by atoms with E-state index in [0.29, 0.717) is 39.0 Å². The Balaban J connectivity index is 1.58. The molecule has 214 valence electrons. The summed E-state index contributed by atoms with van der Waals surface area (Å²) in [4.78, 5) is 18.2. The summed E-state index contributed by atoms with van der Waals surface area (Å²) in [6.07, 6.45) is 0.534. The van der Waals surface area contributed by atoms with E-state index in [1.54, 1.807) is 0 Å². The van der Waals surface area contributed by atoms with Gasteiger partial charge in [0.05, 0.1) is 6.10 Å². The molecule has 0 aromatic heterocycles. The SMILES string of the molecule is Cc1cccc(C)c1NC(=O)C1(N(C)C)CCN(C(NCc2ccccc2)(NCc2ccccc2)C(C)O)CC1. The maximum absolute atomic E-state index is 13.9. The topological polar surface area (TPSA) is 79.9 Å². The number of likely N-dealkylation sites (N-methyl/N-ethyl adjacent to an activating group) is 1. The van der Waals surface area contributed by atoms with Gasteiger partial charge in [0.1, 0.15) is 5.54 Å². The lowest BCUT2D eigenvalue weighted by atomic mass is 9.84. The summed E-state index contributed by atoms with van der Waals surface area (Å²) in [6, 6.07) is 26.5. The van der Waals surface area contributed by atoms with Gasteiger partial charge in [-0.25, -0.2) is 0 Å². The highest BCUT2D eigenvalue weighted by Gasteiger charge is 2.49. The lowest BCUT2D eigenvalue weighted by Crippen LogP contribution is -2.75. The summed E-state index contributed by atoms with van der Waals surface area (Å²) < 4.78 is 0. The molecule has 0 aliphatic carbocycles. The van der Waals surface area contributed by atoms with Gasteiger partial charge in [0, 0.05) is 31.9 Å². The van der Waals surface area contributed by atoms with E-state index in [0.717, 1.165) is 27.9 Å². The Morgan fingerprint density at radius 3 is 1.77 bits per heavy atom. The number of aliphatic hydroxyl groups is 1. The van der Waals surface area contributed by atoms with Crippen molar-refractivity contribution < 1.29 is 9.90 Å². The van der Waals surface area contributed by atoms with Crippen molar-refractivity contribution in [2.24, 2.45) is 0 Å². The van der Waals surface area contributed by atoms with Gasteiger partial charge in [0.15, 0.2) is 5.79 Å². The zero-order valence-electron chi connectivity index (χ0n) is 24.6. The van der Waals surface area contributed by atoms with Crippen LogP contribution in [0.4, 0.5) is 5.69 Å². The molecule has 0 saturated carbocycles. The minimum Gasteiger partial charge on any atom is -0.389 e. The molecule has 7 heteroatoms. The van der Waals surface area contributed by atoms with Crippen molar-refractivity contribution in [3.8, 4) is 0 Å². The van der Waals surface area contributed by atoms with E-state index < -0.39 is 17.4 Å². The number of likely N-dealkylation sites (tertiary alicyclic amines) is 1. The van der Waals surface area contributed by atoms with Crippen LogP contribution in [0.5, 0.6) is 0 Å². The molecule has 4 rings (SSSR count). The summed E-state index contributed by atoms with van der Waals surface area (Å²) in [5.41, 5.74) is 4.63. The van der Waals surface area contributed by atoms with Crippen molar-refractivity contribution >= 4 is 11.6 Å². The Bertz CT molecular complexity index is 1170. The second-order valence-electron chi connectivity index (χ2n) is 11.3. The zero-order valence-corrected chi connectivity index (χ0v) is 24.6. The summed E-state index contributed by atoms with van der Waals surface area (Å²) >= 11 is 0. The fourth-order valence-electron chi connectivity index (χ4n) is 5.86. The molecule has 3 aromatic rings. The highest BCUT2D eigenvalue weighted by Crippen LogP contribution is 2.33. The fraction of sp³-hybridized carbons (Fsp3) is 0.424. The Labute approximate surface area is 239 Å². The molecular weight excluding hydrogens is 498 g/mol. The summed E-state index contributed by atoms with van der Waals surface area (Å²) in [5, 5.41) is 21.9. The molecule has 4 N–H and O–H groups in total. The minimum atomic E-state index is -0.882. The fourth-order valence-corrected chi connectivity index (χ4v) is 5.86. The highest BCUT2D eigenvalue weighted by atomic mass is 16.3. The molecule has 1 amide bonds. The molecule has 0 bridgehead atoms. The van der Waals surface area contributed by atoms with E-state index in [9.17, 15) is 9.90 Å². The van der Waals surface area contributed by atoms with Gasteiger partial charge >= 0.3 is 0 Å². The number of hydrogen-bond donors (Lipinski definition) is 4. The number of anilines is 1. The molecule has 1 heterocycles. The van der Waals surface area contributed by atoms with Gasteiger partial charge in [-0.1, -0.05) is 78.9 Å². The lowest BCUT2D eigenvalue weighted by Gasteiger charge is -2.53. The second kappa shape index (κ2) is 13.1. The Morgan fingerprint density at radius 2 is 1.35 bits per heavy atom. The van der Waals surface area contributed by atoms with Crippen LogP contribution < -0.4 is 16.0 Å². The van der Waals surface area contributed by atoms with Gasteiger partial charge in [0.25, 0.3) is 0 Å². The van der Waals surface area contributed by atoms with Crippen molar-refractivity contribution in [1.29, 1.82) is 0 Å². The zero-order chi connectivity index (χ0) is 28.8. The average molecular weight is 544 g/mol. The number of amides is 1. The van der Waals surface area contributed by atoms with Gasteiger partial charge in [-0.3, -0.25) is 25.2 Å². The van der Waals surface area contributed by atoms with Crippen molar-refractivity contribution in [1.82, 2.24) is 20.4 Å². The molecule has 7 nitrogen and oxygen atoms in total. The van der Waals surface area contributed by atoms with Crippen LogP contribution >= 0.6 is 0 Å². The second-order valence-corrected chi connectivity index (χ2v) is 11.3. The molecular formula is C33H45N5O2. The number of para-hydroxylation sites is 1. The number of nitrogens with zero attached hydrogens (tertiary/aromatic N) is 2. The maximum atomic E-state index is 13.9. The van der Waals surface area contributed by atoms with Gasteiger partial charge in [-0.2, -0.15) is 0 Å². The normalized spacial score (nSPS) is 16.6. The van der Waals surface area contributed by atoms with Crippen LogP contribution in [0.25, 0.3) is 0 Å². The van der Waals surface area contributed by atoms with Crippen molar-refractivity contribution in [2.75, 3.05) is 32.5 Å². The molecule has 1 saturated heterocycles. The Kier molecular flexibility index (Phi) is 9.77. The first-order valence-electron chi connectivity index (χ1n) is 14.2. The van der Waals surface area contributed by atoms with Gasteiger partial charge < -0.3 is 10.4 Å². The summed E-state index contributed by atoms with van der Waals surface area (Å²) in [7, 11) is 3.98. The third kappa shape index (κ3) is 6.45. The van der Waals surface area contributed by atoms with Crippen molar-refractivity contribution in [2.45, 2.75) is 64.1 Å². The predicted molar refractivity (Wildman–Crippen MR) is 163 cm³/mol. The number of nitrogens with one attached hydrogen (secondary N) is 3. The van der Waals surface area contributed by atoms with Crippen LogP contribution in [0, 0.1) is 13.8 Å². The quantitative estimate of drug-likeness (QED) is 0.271. The van der Waals surface area contributed by atoms with E-state index in [2.05, 4.69) is 50.0 Å². The number of aliphatic hydroxyl groups excluding tert-OH is 1. The van der Waals surface area contributed by atoms with E-state index in [1.807, 2.05) is 89.5 Å². The molecule has 0 spiro atoms. The van der Waals surface area contributed by atoms with Crippen molar-refractivity contribution in [3.05, 3.63) is 101 Å². The number of piperidine rings is 1. The van der Waals surface area contributed by atoms with Crippen LogP contribution in [0.3, 0.4) is 0 Å². The molecule has 1 aliphatic rings. The number of rotatable bonds is 11. The largest absolute Gasteiger partial charge is 0.389 e. The first kappa shape index (κ1) is 29.9. The first-order valence-corrected chi connectivity index (χ1v) is 14.2. The number of benzene rings is 3. The average Bonchev–Trinajstić information content (AvgIpc) is 2.96. The number of hydrogen-bond acceptors (Lipinski definition) is 6. The molecule has 1 fully saturated rings. The van der Waals surface area contributed by atoms with Gasteiger partial charge in [0.2, 0.25) is 5.91 Å². The first-order chi connectivity index (χ1) is 19.2. The van der Waals surface area contributed by atoms with Crippen molar-refractivity contribution in [3.63, 3.8) is 0 Å². The molecule has 3 aromatic carbocycles. The highest BCUT2D eigenvalue weighted by molar-refractivity contribution is 5.99. The molecule has 1 aliphatic heterocycles. The van der Waals surface area contributed by atoms with Crippen LogP contribution in [0.15, 0.2) is 78.9 Å². The molecule has 0 radical (unpaired) electrons. The summed E-state index contributed by atoms with van der Waals surface area (Å²) in [5.74, 6) is -0.862. The minimum absolute atomic E-state index is 0.0201. The van der Waals surface area contributed by atoms with Gasteiger partial charge in [-0.05, 0) is 70.0 Å². The monoisotopic (exact) mass is 543 g/mol. The third-order valence-electron chi connectivity index (χ3n) is 8.50. The number of carbonyl (C=O) groups is 1.